The number of rotatable bonds is 6. The summed E-state index contributed by atoms with van der Waals surface area (Å²) in [7, 11) is 0. The van der Waals surface area contributed by atoms with Crippen LogP contribution in [0.2, 0.25) is 0 Å². The van der Waals surface area contributed by atoms with E-state index in [-0.39, 0.29) is 23.7 Å². The third-order valence-corrected chi connectivity index (χ3v) is 4.09. The van der Waals surface area contributed by atoms with Gasteiger partial charge in [-0.2, -0.15) is 0 Å². The fourth-order valence-corrected chi connectivity index (χ4v) is 2.63. The van der Waals surface area contributed by atoms with Gasteiger partial charge < -0.3 is 10.3 Å². The average molecular weight is 284 g/mol. The number of benzene rings is 1. The lowest BCUT2D eigenvalue weighted by Gasteiger charge is -2.17. The van der Waals surface area contributed by atoms with Gasteiger partial charge in [-0.15, -0.1) is 0 Å². The molecular weight excluding hydrogens is 264 g/mol. The topological polar surface area (TPSA) is 62.0 Å². The fourth-order valence-electron chi connectivity index (χ4n) is 2.63. The third-order valence-electron chi connectivity index (χ3n) is 4.09. The zero-order valence-electron chi connectivity index (χ0n) is 12.2. The van der Waals surface area contributed by atoms with Gasteiger partial charge in [0.1, 0.15) is 5.78 Å². The Morgan fingerprint density at radius 1 is 1.33 bits per heavy atom. The Morgan fingerprint density at radius 3 is 2.81 bits per heavy atom. The van der Waals surface area contributed by atoms with Crippen LogP contribution in [0.5, 0.6) is 0 Å². The zero-order chi connectivity index (χ0) is 14.8. The van der Waals surface area contributed by atoms with Gasteiger partial charge in [-0.05, 0) is 18.9 Å². The van der Waals surface area contributed by atoms with E-state index in [1.165, 1.54) is 0 Å². The maximum Gasteiger partial charge on any atom is 0.223 e. The molecule has 110 valence electrons. The van der Waals surface area contributed by atoms with Crippen molar-refractivity contribution in [2.75, 3.05) is 0 Å². The first-order valence-electron chi connectivity index (χ1n) is 7.57. The van der Waals surface area contributed by atoms with Crippen molar-refractivity contribution in [3.8, 4) is 0 Å². The number of carbonyl (C=O) groups excluding carboxylic acids is 2. The number of aromatic amines is 1. The Labute approximate surface area is 123 Å². The first-order chi connectivity index (χ1) is 10.2. The van der Waals surface area contributed by atoms with E-state index in [2.05, 4.69) is 10.3 Å². The smallest absolute Gasteiger partial charge is 0.223 e. The molecule has 1 aromatic heterocycles. The molecule has 2 aromatic rings. The minimum Gasteiger partial charge on any atom is -0.361 e. The second kappa shape index (κ2) is 5.72. The number of carbonyl (C=O) groups is 2. The van der Waals surface area contributed by atoms with Crippen LogP contribution in [0.3, 0.4) is 0 Å². The van der Waals surface area contributed by atoms with Gasteiger partial charge in [-0.1, -0.05) is 25.1 Å². The molecule has 4 nitrogen and oxygen atoms in total. The normalized spacial score (nSPS) is 15.9. The average Bonchev–Trinajstić information content (AvgIpc) is 3.26. The number of fused-ring (bicyclic) bond motifs is 1. The molecule has 0 saturated heterocycles. The summed E-state index contributed by atoms with van der Waals surface area (Å²) < 4.78 is 0. The molecule has 1 aromatic carbocycles. The Balaban J connectivity index is 1.89. The SMILES string of the molecule is CCC(=O)CC(NC(=O)C1CC1)c1c[nH]c2ccccc12. The Kier molecular flexibility index (Phi) is 3.78. The molecule has 0 radical (unpaired) electrons. The quantitative estimate of drug-likeness (QED) is 0.856. The van der Waals surface area contributed by atoms with E-state index in [0.29, 0.717) is 12.8 Å². The fraction of sp³-hybridized carbons (Fsp3) is 0.412. The van der Waals surface area contributed by atoms with Crippen molar-refractivity contribution in [2.45, 2.75) is 38.6 Å². The molecule has 1 unspecified atom stereocenters. The minimum atomic E-state index is -0.235. The molecule has 3 rings (SSSR count). The monoisotopic (exact) mass is 284 g/mol. The van der Waals surface area contributed by atoms with Gasteiger partial charge in [-0.3, -0.25) is 9.59 Å². The first kappa shape index (κ1) is 13.9. The van der Waals surface area contributed by atoms with Crippen molar-refractivity contribution < 1.29 is 9.59 Å². The van der Waals surface area contributed by atoms with E-state index < -0.39 is 0 Å². The molecule has 1 aliphatic rings. The predicted octanol–water partition coefficient (Wildman–Crippen LogP) is 3.10. The molecule has 0 bridgehead atoms. The molecule has 1 saturated carbocycles. The van der Waals surface area contributed by atoms with Gasteiger partial charge in [0.15, 0.2) is 0 Å². The van der Waals surface area contributed by atoms with E-state index in [1.54, 1.807) is 0 Å². The second-order valence-corrected chi connectivity index (χ2v) is 5.72. The molecular formula is C17H20N2O2. The van der Waals surface area contributed by atoms with Crippen LogP contribution < -0.4 is 5.32 Å². The van der Waals surface area contributed by atoms with Crippen molar-refractivity contribution in [1.29, 1.82) is 0 Å². The van der Waals surface area contributed by atoms with Crippen molar-refractivity contribution in [3.05, 3.63) is 36.0 Å². The predicted molar refractivity (Wildman–Crippen MR) is 81.8 cm³/mol. The summed E-state index contributed by atoms with van der Waals surface area (Å²) in [6.45, 7) is 1.86. The largest absolute Gasteiger partial charge is 0.361 e. The van der Waals surface area contributed by atoms with Crippen molar-refractivity contribution in [3.63, 3.8) is 0 Å². The van der Waals surface area contributed by atoms with Crippen LogP contribution >= 0.6 is 0 Å². The van der Waals surface area contributed by atoms with Gasteiger partial charge in [0.25, 0.3) is 0 Å². The number of hydrogen-bond acceptors (Lipinski definition) is 2. The lowest BCUT2D eigenvalue weighted by atomic mass is 9.99. The summed E-state index contributed by atoms with van der Waals surface area (Å²) in [6.07, 6.45) is 4.70. The van der Waals surface area contributed by atoms with Crippen LogP contribution in [-0.4, -0.2) is 16.7 Å². The number of Topliss-reactive ketones (excluding diaryl/α,β-unsaturated/α-hetero) is 1. The number of H-pyrrole nitrogens is 1. The van der Waals surface area contributed by atoms with E-state index in [0.717, 1.165) is 29.3 Å². The summed E-state index contributed by atoms with van der Waals surface area (Å²) in [6, 6.07) is 7.73. The summed E-state index contributed by atoms with van der Waals surface area (Å²) in [5.74, 6) is 0.394. The maximum absolute atomic E-state index is 12.1. The first-order valence-corrected chi connectivity index (χ1v) is 7.57. The number of para-hydroxylation sites is 1. The molecule has 21 heavy (non-hydrogen) atoms. The van der Waals surface area contributed by atoms with Crippen LogP contribution in [0.25, 0.3) is 10.9 Å². The Morgan fingerprint density at radius 2 is 2.10 bits per heavy atom. The number of amides is 1. The highest BCUT2D eigenvalue weighted by Crippen LogP contribution is 2.32. The van der Waals surface area contributed by atoms with Crippen molar-refractivity contribution in [1.82, 2.24) is 10.3 Å². The summed E-state index contributed by atoms with van der Waals surface area (Å²) in [5, 5.41) is 4.13. The number of aromatic nitrogens is 1. The van der Waals surface area contributed by atoms with E-state index >= 15 is 0 Å². The highest BCUT2D eigenvalue weighted by Gasteiger charge is 2.32. The van der Waals surface area contributed by atoms with Crippen LogP contribution in [0.4, 0.5) is 0 Å². The van der Waals surface area contributed by atoms with Crippen LogP contribution in [0.1, 0.15) is 44.2 Å². The molecule has 1 heterocycles. The van der Waals surface area contributed by atoms with Gasteiger partial charge in [-0.25, -0.2) is 0 Å². The highest BCUT2D eigenvalue weighted by molar-refractivity contribution is 5.88. The molecule has 1 fully saturated rings. The maximum atomic E-state index is 12.1. The number of nitrogens with one attached hydrogen (secondary N) is 2. The lowest BCUT2D eigenvalue weighted by molar-refractivity contribution is -0.123. The van der Waals surface area contributed by atoms with Crippen LogP contribution in [0, 0.1) is 5.92 Å². The number of hydrogen-bond donors (Lipinski definition) is 2. The van der Waals surface area contributed by atoms with E-state index in [4.69, 9.17) is 0 Å². The van der Waals surface area contributed by atoms with E-state index in [1.807, 2.05) is 37.4 Å². The summed E-state index contributed by atoms with van der Waals surface area (Å²) in [5.41, 5.74) is 2.03. The molecule has 4 heteroatoms. The molecule has 0 aliphatic heterocycles. The molecule has 1 aliphatic carbocycles. The van der Waals surface area contributed by atoms with Gasteiger partial charge in [0.2, 0.25) is 5.91 Å². The molecule has 0 spiro atoms. The minimum absolute atomic E-state index is 0.0779. The summed E-state index contributed by atoms with van der Waals surface area (Å²) in [4.78, 5) is 27.2. The number of ketones is 1. The van der Waals surface area contributed by atoms with E-state index in [9.17, 15) is 9.59 Å². The van der Waals surface area contributed by atoms with Gasteiger partial charge >= 0.3 is 0 Å². The van der Waals surface area contributed by atoms with Crippen LogP contribution in [0.15, 0.2) is 30.5 Å². The van der Waals surface area contributed by atoms with Crippen molar-refractivity contribution in [2.24, 2.45) is 5.92 Å². The highest BCUT2D eigenvalue weighted by atomic mass is 16.2. The van der Waals surface area contributed by atoms with Crippen molar-refractivity contribution >= 4 is 22.6 Å². The van der Waals surface area contributed by atoms with Gasteiger partial charge in [0.05, 0.1) is 6.04 Å². The van der Waals surface area contributed by atoms with Gasteiger partial charge in [0, 0.05) is 41.4 Å². The van der Waals surface area contributed by atoms with Crippen LogP contribution in [-0.2, 0) is 9.59 Å². The molecule has 1 amide bonds. The zero-order valence-corrected chi connectivity index (χ0v) is 12.2. The third kappa shape index (κ3) is 2.99. The Bertz CT molecular complexity index is 670. The Hall–Kier alpha value is -2.10. The standard InChI is InChI=1S/C17H20N2O2/c1-2-12(20)9-16(19-17(21)11-7-8-11)14-10-18-15-6-4-3-5-13(14)15/h3-6,10-11,16,18H,2,7-9H2,1H3,(H,19,21). The lowest BCUT2D eigenvalue weighted by Crippen LogP contribution is -2.31. The second-order valence-electron chi connectivity index (χ2n) is 5.72. The summed E-state index contributed by atoms with van der Waals surface area (Å²) >= 11 is 0. The molecule has 2 N–H and O–H groups in total. The molecule has 1 atom stereocenters.